The van der Waals surface area contributed by atoms with Crippen LogP contribution < -0.4 is 11.3 Å². The predicted molar refractivity (Wildman–Crippen MR) is 48.7 cm³/mol. The van der Waals surface area contributed by atoms with Gasteiger partial charge in [-0.25, -0.2) is 0 Å². The Kier molecular flexibility index (Phi) is 2.71. The van der Waals surface area contributed by atoms with Crippen molar-refractivity contribution in [2.75, 3.05) is 5.43 Å². The molecular formula is C9H11F3N2. The van der Waals surface area contributed by atoms with Crippen molar-refractivity contribution >= 4 is 5.69 Å². The summed E-state index contributed by atoms with van der Waals surface area (Å²) in [4.78, 5) is 0. The van der Waals surface area contributed by atoms with Crippen LogP contribution in [0.1, 0.15) is 16.7 Å². The van der Waals surface area contributed by atoms with E-state index in [9.17, 15) is 13.2 Å². The summed E-state index contributed by atoms with van der Waals surface area (Å²) in [5, 5.41) is 0. The van der Waals surface area contributed by atoms with E-state index in [1.54, 1.807) is 13.8 Å². The lowest BCUT2D eigenvalue weighted by molar-refractivity contribution is -0.137. The highest BCUT2D eigenvalue weighted by Crippen LogP contribution is 2.33. The fraction of sp³-hybridized carbons (Fsp3) is 0.333. The maximum atomic E-state index is 12.3. The number of anilines is 1. The van der Waals surface area contributed by atoms with Crippen LogP contribution in [0.3, 0.4) is 0 Å². The Morgan fingerprint density at radius 2 is 1.57 bits per heavy atom. The summed E-state index contributed by atoms with van der Waals surface area (Å²) < 4.78 is 37.0. The third-order valence-corrected chi connectivity index (χ3v) is 2.00. The monoisotopic (exact) mass is 204 g/mol. The molecule has 0 unspecified atom stereocenters. The van der Waals surface area contributed by atoms with E-state index in [-0.39, 0.29) is 0 Å². The highest BCUT2D eigenvalue weighted by atomic mass is 19.4. The topological polar surface area (TPSA) is 38.0 Å². The zero-order valence-electron chi connectivity index (χ0n) is 7.87. The maximum Gasteiger partial charge on any atom is 0.416 e. The highest BCUT2D eigenvalue weighted by molar-refractivity contribution is 5.57. The largest absolute Gasteiger partial charge is 0.416 e. The average Bonchev–Trinajstić information content (AvgIpc) is 2.01. The van der Waals surface area contributed by atoms with Gasteiger partial charge in [-0.1, -0.05) is 0 Å². The molecule has 0 aromatic heterocycles. The first-order chi connectivity index (χ1) is 6.36. The summed E-state index contributed by atoms with van der Waals surface area (Å²) >= 11 is 0. The Hall–Kier alpha value is -1.23. The first kappa shape index (κ1) is 10.8. The molecular weight excluding hydrogens is 193 g/mol. The van der Waals surface area contributed by atoms with E-state index in [4.69, 9.17) is 5.84 Å². The van der Waals surface area contributed by atoms with E-state index in [0.29, 0.717) is 16.8 Å². The summed E-state index contributed by atoms with van der Waals surface area (Å²) in [5.41, 5.74) is 3.24. The molecule has 0 aliphatic carbocycles. The van der Waals surface area contributed by atoms with Crippen LogP contribution in [-0.2, 0) is 6.18 Å². The molecule has 0 fully saturated rings. The number of aryl methyl sites for hydroxylation is 2. The molecule has 0 spiro atoms. The normalized spacial score (nSPS) is 11.6. The molecule has 0 amide bonds. The smallest absolute Gasteiger partial charge is 0.324 e. The molecule has 1 rings (SSSR count). The maximum absolute atomic E-state index is 12.3. The number of rotatable bonds is 1. The molecule has 1 aromatic rings. The highest BCUT2D eigenvalue weighted by Gasteiger charge is 2.31. The van der Waals surface area contributed by atoms with Crippen molar-refractivity contribution in [2.24, 2.45) is 5.84 Å². The van der Waals surface area contributed by atoms with Gasteiger partial charge < -0.3 is 5.43 Å². The number of nitrogens with one attached hydrogen (secondary N) is 1. The summed E-state index contributed by atoms with van der Waals surface area (Å²) in [5.74, 6) is 5.18. The van der Waals surface area contributed by atoms with Crippen molar-refractivity contribution in [3.8, 4) is 0 Å². The molecule has 3 N–H and O–H groups in total. The van der Waals surface area contributed by atoms with Gasteiger partial charge in [0.1, 0.15) is 0 Å². The summed E-state index contributed by atoms with van der Waals surface area (Å²) in [6.45, 7) is 3.16. The Morgan fingerprint density at radius 3 is 1.86 bits per heavy atom. The van der Waals surface area contributed by atoms with Gasteiger partial charge in [0.25, 0.3) is 0 Å². The Morgan fingerprint density at radius 1 is 1.14 bits per heavy atom. The molecule has 0 saturated heterocycles. The molecule has 5 heteroatoms. The molecule has 0 aliphatic rings. The minimum Gasteiger partial charge on any atom is -0.324 e. The molecule has 78 valence electrons. The zero-order valence-corrected chi connectivity index (χ0v) is 7.87. The van der Waals surface area contributed by atoms with E-state index in [0.717, 1.165) is 12.1 Å². The fourth-order valence-electron chi connectivity index (χ4n) is 1.35. The Labute approximate surface area is 79.9 Å². The zero-order chi connectivity index (χ0) is 10.9. The molecule has 0 bridgehead atoms. The number of nitrogen functional groups attached to an aromatic ring is 1. The number of hydrogen-bond acceptors (Lipinski definition) is 2. The molecule has 0 radical (unpaired) electrons. The van der Waals surface area contributed by atoms with Crippen LogP contribution in [0.25, 0.3) is 0 Å². The predicted octanol–water partition coefficient (Wildman–Crippen LogP) is 2.61. The first-order valence-corrected chi connectivity index (χ1v) is 4.01. The van der Waals surface area contributed by atoms with Gasteiger partial charge >= 0.3 is 6.18 Å². The minimum absolute atomic E-state index is 0.486. The SMILES string of the molecule is Cc1cc(C(F)(F)F)cc(C)c1NN. The number of halogens is 3. The number of nitrogens with two attached hydrogens (primary N) is 1. The van der Waals surface area contributed by atoms with Gasteiger partial charge in [-0.05, 0) is 37.1 Å². The lowest BCUT2D eigenvalue weighted by atomic mass is 10.0. The third-order valence-electron chi connectivity index (χ3n) is 2.00. The van der Waals surface area contributed by atoms with Crippen LogP contribution in [-0.4, -0.2) is 0 Å². The van der Waals surface area contributed by atoms with Crippen LogP contribution in [0.4, 0.5) is 18.9 Å². The fourth-order valence-corrected chi connectivity index (χ4v) is 1.35. The van der Waals surface area contributed by atoms with Crippen molar-refractivity contribution in [1.82, 2.24) is 0 Å². The van der Waals surface area contributed by atoms with Crippen molar-refractivity contribution in [3.63, 3.8) is 0 Å². The second-order valence-electron chi connectivity index (χ2n) is 3.13. The molecule has 0 atom stereocenters. The lowest BCUT2D eigenvalue weighted by Gasteiger charge is -2.13. The van der Waals surface area contributed by atoms with E-state index < -0.39 is 11.7 Å². The Bertz CT molecular complexity index is 321. The minimum atomic E-state index is -4.30. The third kappa shape index (κ3) is 1.98. The van der Waals surface area contributed by atoms with Crippen molar-refractivity contribution in [3.05, 3.63) is 28.8 Å². The van der Waals surface area contributed by atoms with Gasteiger partial charge in [-0.15, -0.1) is 0 Å². The summed E-state index contributed by atoms with van der Waals surface area (Å²) in [7, 11) is 0. The number of hydrogen-bond donors (Lipinski definition) is 2. The van der Waals surface area contributed by atoms with E-state index >= 15 is 0 Å². The number of hydrazine groups is 1. The van der Waals surface area contributed by atoms with Gasteiger partial charge in [-0.3, -0.25) is 5.84 Å². The van der Waals surface area contributed by atoms with Crippen LogP contribution >= 0.6 is 0 Å². The molecule has 2 nitrogen and oxygen atoms in total. The average molecular weight is 204 g/mol. The lowest BCUT2D eigenvalue weighted by Crippen LogP contribution is -2.12. The van der Waals surface area contributed by atoms with Gasteiger partial charge in [-0.2, -0.15) is 13.2 Å². The summed E-state index contributed by atoms with van der Waals surface area (Å²) in [6.07, 6.45) is -4.30. The Balaban J connectivity index is 3.28. The van der Waals surface area contributed by atoms with Gasteiger partial charge in [0.15, 0.2) is 0 Å². The number of benzene rings is 1. The second kappa shape index (κ2) is 3.49. The van der Waals surface area contributed by atoms with Crippen molar-refractivity contribution in [2.45, 2.75) is 20.0 Å². The van der Waals surface area contributed by atoms with Gasteiger partial charge in [0.2, 0.25) is 0 Å². The van der Waals surface area contributed by atoms with Crippen molar-refractivity contribution in [1.29, 1.82) is 0 Å². The second-order valence-corrected chi connectivity index (χ2v) is 3.13. The van der Waals surface area contributed by atoms with Crippen molar-refractivity contribution < 1.29 is 13.2 Å². The van der Waals surface area contributed by atoms with E-state index in [2.05, 4.69) is 5.43 Å². The first-order valence-electron chi connectivity index (χ1n) is 4.01. The quantitative estimate of drug-likeness (QED) is 0.545. The molecule has 0 aliphatic heterocycles. The molecule has 0 heterocycles. The van der Waals surface area contributed by atoms with Gasteiger partial charge in [0.05, 0.1) is 11.3 Å². The number of alkyl halides is 3. The van der Waals surface area contributed by atoms with Gasteiger partial charge in [0, 0.05) is 0 Å². The van der Waals surface area contributed by atoms with E-state index in [1.165, 1.54) is 0 Å². The summed E-state index contributed by atoms with van der Waals surface area (Å²) in [6, 6.07) is 2.14. The van der Waals surface area contributed by atoms with E-state index in [1.807, 2.05) is 0 Å². The van der Waals surface area contributed by atoms with Crippen LogP contribution in [0.2, 0.25) is 0 Å². The standard InChI is InChI=1S/C9H11F3N2/c1-5-3-7(9(10,11)12)4-6(2)8(5)14-13/h3-4,14H,13H2,1-2H3. The van der Waals surface area contributed by atoms with Crippen LogP contribution in [0, 0.1) is 13.8 Å². The molecule has 0 saturated carbocycles. The molecule has 14 heavy (non-hydrogen) atoms. The van der Waals surface area contributed by atoms with Crippen LogP contribution in [0.15, 0.2) is 12.1 Å². The molecule has 1 aromatic carbocycles. The van der Waals surface area contributed by atoms with Crippen LogP contribution in [0.5, 0.6) is 0 Å².